The van der Waals surface area contributed by atoms with Crippen molar-refractivity contribution in [1.29, 1.82) is 0 Å². The van der Waals surface area contributed by atoms with Gasteiger partial charge in [0.2, 0.25) is 0 Å². The Morgan fingerprint density at radius 1 is 0.260 bits per heavy atom. The van der Waals surface area contributed by atoms with Crippen LogP contribution in [0.2, 0.25) is 0 Å². The lowest BCUT2D eigenvalue weighted by molar-refractivity contribution is 1.18. The van der Waals surface area contributed by atoms with Crippen LogP contribution in [0.3, 0.4) is 0 Å². The van der Waals surface area contributed by atoms with E-state index in [-0.39, 0.29) is 0 Å². The number of aromatic nitrogens is 2. The molecule has 7 aromatic carbocycles. The Morgan fingerprint density at radius 3 is 1.10 bits per heavy atom. The van der Waals surface area contributed by atoms with Crippen LogP contribution in [0.4, 0.5) is 0 Å². The molecule has 2 nitrogen and oxygen atoms in total. The average Bonchev–Trinajstić information content (AvgIpc) is 3.19. The largest absolute Gasteiger partial charge is 0.228 e. The van der Waals surface area contributed by atoms with Crippen molar-refractivity contribution in [3.05, 3.63) is 193 Å². The van der Waals surface area contributed by atoms with Crippen molar-refractivity contribution in [3.63, 3.8) is 0 Å². The monoisotopic (exact) mass is 640 g/mol. The van der Waals surface area contributed by atoms with Gasteiger partial charge in [-0.2, -0.15) is 0 Å². The summed E-state index contributed by atoms with van der Waals surface area (Å²) < 4.78 is 0. The molecule has 8 aromatic rings. The minimum Gasteiger partial charge on any atom is -0.228 e. The van der Waals surface area contributed by atoms with Gasteiger partial charge < -0.3 is 0 Å². The molecule has 0 saturated heterocycles. The van der Waals surface area contributed by atoms with E-state index in [1.165, 1.54) is 33.4 Å². The van der Waals surface area contributed by atoms with Crippen molar-refractivity contribution in [1.82, 2.24) is 9.97 Å². The number of benzene rings is 7. The van der Waals surface area contributed by atoms with Gasteiger partial charge in [0, 0.05) is 16.7 Å². The molecule has 0 bridgehead atoms. The topological polar surface area (TPSA) is 25.8 Å². The van der Waals surface area contributed by atoms with Crippen LogP contribution >= 0.6 is 0 Å². The van der Waals surface area contributed by atoms with Crippen molar-refractivity contribution in [2.24, 2.45) is 0 Å². The van der Waals surface area contributed by atoms with E-state index in [2.05, 4.69) is 172 Å². The highest BCUT2D eigenvalue weighted by molar-refractivity contribution is 5.84. The van der Waals surface area contributed by atoms with Crippen molar-refractivity contribution in [2.75, 3.05) is 0 Å². The Bertz CT molecular complexity index is 2250. The molecule has 1 heterocycles. The van der Waals surface area contributed by atoms with Crippen LogP contribution in [0.1, 0.15) is 11.1 Å². The first-order chi connectivity index (χ1) is 24.6. The van der Waals surface area contributed by atoms with Crippen LogP contribution in [-0.4, -0.2) is 9.97 Å². The Balaban J connectivity index is 1.32. The van der Waals surface area contributed by atoms with Gasteiger partial charge in [-0.3, -0.25) is 0 Å². The summed E-state index contributed by atoms with van der Waals surface area (Å²) in [5.41, 5.74) is 16.7. The van der Waals surface area contributed by atoms with E-state index in [1.54, 1.807) is 0 Å². The minimum absolute atomic E-state index is 0.705. The predicted molar refractivity (Wildman–Crippen MR) is 210 cm³/mol. The lowest BCUT2D eigenvalue weighted by Crippen LogP contribution is -1.96. The molecule has 0 fully saturated rings. The number of aryl methyl sites for hydroxylation is 2. The van der Waals surface area contributed by atoms with Crippen LogP contribution in [0.15, 0.2) is 182 Å². The number of nitrogens with zero attached hydrogens (tertiary/aromatic N) is 2. The van der Waals surface area contributed by atoms with Gasteiger partial charge in [0.05, 0.1) is 11.4 Å². The van der Waals surface area contributed by atoms with Gasteiger partial charge in [0.1, 0.15) is 0 Å². The second-order valence-corrected chi connectivity index (χ2v) is 12.9. The Morgan fingerprint density at radius 2 is 0.620 bits per heavy atom. The summed E-state index contributed by atoms with van der Waals surface area (Å²) >= 11 is 0. The number of rotatable bonds is 7. The molecular weight excluding hydrogens is 605 g/mol. The second kappa shape index (κ2) is 13.6. The molecule has 8 rings (SSSR count). The van der Waals surface area contributed by atoms with E-state index in [4.69, 9.17) is 9.97 Å². The first-order valence-electron chi connectivity index (χ1n) is 17.1. The molecule has 0 spiro atoms. The van der Waals surface area contributed by atoms with Crippen molar-refractivity contribution < 1.29 is 0 Å². The van der Waals surface area contributed by atoms with Crippen LogP contribution < -0.4 is 0 Å². The fourth-order valence-electron chi connectivity index (χ4n) is 6.43. The normalized spacial score (nSPS) is 11.0. The Hall–Kier alpha value is -6.38. The number of hydrogen-bond acceptors (Lipinski definition) is 2. The molecule has 0 amide bonds. The molecule has 0 unspecified atom stereocenters. The van der Waals surface area contributed by atoms with E-state index in [0.717, 1.165) is 50.3 Å². The molecular formula is C48H36N2. The first-order valence-corrected chi connectivity index (χ1v) is 17.1. The highest BCUT2D eigenvalue weighted by Gasteiger charge is 2.14. The van der Waals surface area contributed by atoms with Gasteiger partial charge >= 0.3 is 0 Å². The van der Waals surface area contributed by atoms with Crippen LogP contribution in [0, 0.1) is 13.8 Å². The maximum absolute atomic E-state index is 5.20. The standard InChI is InChI=1S/C48H36N2/c1-33-19-23-35(24-20-33)39-15-9-17-41(27-39)43-29-44(42-18-10-16-40(28-42)36-25-21-34(2)22-26-36)31-45(30-43)47-32-46(37-11-5-3-6-12-37)49-48(50-47)38-13-7-4-8-14-38/h3-32H,1-2H3. The van der Waals surface area contributed by atoms with Gasteiger partial charge in [-0.1, -0.05) is 157 Å². The molecule has 2 heteroatoms. The molecule has 0 N–H and O–H groups in total. The van der Waals surface area contributed by atoms with Gasteiger partial charge in [0.25, 0.3) is 0 Å². The first kappa shape index (κ1) is 30.9. The van der Waals surface area contributed by atoms with Gasteiger partial charge in [-0.05, 0) is 94.8 Å². The van der Waals surface area contributed by atoms with E-state index in [0.29, 0.717) is 5.82 Å². The van der Waals surface area contributed by atoms with Gasteiger partial charge in [-0.25, -0.2) is 9.97 Å². The van der Waals surface area contributed by atoms with E-state index in [9.17, 15) is 0 Å². The van der Waals surface area contributed by atoms with Crippen LogP contribution in [0.25, 0.3) is 78.4 Å². The molecule has 0 aliphatic carbocycles. The third-order valence-electron chi connectivity index (χ3n) is 9.22. The summed E-state index contributed by atoms with van der Waals surface area (Å²) in [6.45, 7) is 4.25. The quantitative estimate of drug-likeness (QED) is 0.173. The fraction of sp³-hybridized carbons (Fsp3) is 0.0417. The summed E-state index contributed by atoms with van der Waals surface area (Å²) in [7, 11) is 0. The molecule has 50 heavy (non-hydrogen) atoms. The maximum Gasteiger partial charge on any atom is 0.160 e. The van der Waals surface area contributed by atoms with Crippen molar-refractivity contribution >= 4 is 0 Å². The minimum atomic E-state index is 0.705. The summed E-state index contributed by atoms with van der Waals surface area (Å²) in [6.07, 6.45) is 0. The average molecular weight is 641 g/mol. The number of hydrogen-bond donors (Lipinski definition) is 0. The van der Waals surface area contributed by atoms with Crippen LogP contribution in [-0.2, 0) is 0 Å². The molecule has 0 aliphatic heterocycles. The Kier molecular flexibility index (Phi) is 8.42. The zero-order valence-corrected chi connectivity index (χ0v) is 28.2. The van der Waals surface area contributed by atoms with Gasteiger partial charge in [0.15, 0.2) is 5.82 Å². The van der Waals surface area contributed by atoms with Crippen molar-refractivity contribution in [3.8, 4) is 78.4 Å². The molecule has 1 aromatic heterocycles. The molecule has 0 saturated carbocycles. The van der Waals surface area contributed by atoms with E-state index < -0.39 is 0 Å². The Labute approximate surface area is 294 Å². The van der Waals surface area contributed by atoms with Crippen molar-refractivity contribution in [2.45, 2.75) is 13.8 Å². The fourth-order valence-corrected chi connectivity index (χ4v) is 6.43. The summed E-state index contributed by atoms with van der Waals surface area (Å²) in [5.74, 6) is 0.705. The molecule has 0 radical (unpaired) electrons. The third kappa shape index (κ3) is 6.65. The lowest BCUT2D eigenvalue weighted by atomic mass is 9.92. The summed E-state index contributed by atoms with van der Waals surface area (Å²) in [6, 6.07) is 64.7. The highest BCUT2D eigenvalue weighted by Crippen LogP contribution is 2.37. The third-order valence-corrected chi connectivity index (χ3v) is 9.22. The predicted octanol–water partition coefficient (Wildman–Crippen LogP) is 12.8. The molecule has 0 aliphatic rings. The molecule has 0 atom stereocenters. The SMILES string of the molecule is Cc1ccc(-c2cccc(-c3cc(-c4cccc(-c5ccc(C)cc5)c4)cc(-c4cc(-c5ccccc5)nc(-c5ccccc5)n4)c3)c2)cc1. The van der Waals surface area contributed by atoms with E-state index in [1.807, 2.05) is 24.3 Å². The maximum atomic E-state index is 5.20. The molecule has 238 valence electrons. The summed E-state index contributed by atoms with van der Waals surface area (Å²) in [4.78, 5) is 10.3. The van der Waals surface area contributed by atoms with E-state index >= 15 is 0 Å². The zero-order valence-electron chi connectivity index (χ0n) is 28.2. The second-order valence-electron chi connectivity index (χ2n) is 12.9. The zero-order chi connectivity index (χ0) is 33.9. The summed E-state index contributed by atoms with van der Waals surface area (Å²) in [5, 5.41) is 0. The van der Waals surface area contributed by atoms with Gasteiger partial charge in [-0.15, -0.1) is 0 Å². The lowest BCUT2D eigenvalue weighted by Gasteiger charge is -2.14. The van der Waals surface area contributed by atoms with Crippen LogP contribution in [0.5, 0.6) is 0 Å². The smallest absolute Gasteiger partial charge is 0.160 e. The highest BCUT2D eigenvalue weighted by atomic mass is 14.9.